The van der Waals surface area contributed by atoms with Gasteiger partial charge in [0.05, 0.1) is 6.61 Å². The van der Waals surface area contributed by atoms with Crippen LogP contribution in [0.25, 0.3) is 0 Å². The molecule has 20 heavy (non-hydrogen) atoms. The summed E-state index contributed by atoms with van der Waals surface area (Å²) < 4.78 is 10.8. The molecule has 1 heterocycles. The molecule has 1 aromatic rings. The van der Waals surface area contributed by atoms with Gasteiger partial charge in [-0.3, -0.25) is 0 Å². The van der Waals surface area contributed by atoms with Crippen molar-refractivity contribution >= 4 is 0 Å². The molecule has 1 aliphatic rings. The number of aryl methyl sites for hydroxylation is 2. The van der Waals surface area contributed by atoms with Gasteiger partial charge in [-0.1, -0.05) is 6.07 Å². The third-order valence-electron chi connectivity index (χ3n) is 3.58. The molecule has 0 aliphatic carbocycles. The molecule has 1 aliphatic heterocycles. The van der Waals surface area contributed by atoms with Crippen LogP contribution in [0.1, 0.15) is 11.1 Å². The Bertz CT molecular complexity index is 461. The first-order valence-corrected chi connectivity index (χ1v) is 6.48. The lowest BCUT2D eigenvalue weighted by Gasteiger charge is -2.39. The fraction of sp³-hybridized carbons (Fsp3) is 0.571. The summed E-state index contributed by atoms with van der Waals surface area (Å²) >= 11 is 0. The van der Waals surface area contributed by atoms with Crippen molar-refractivity contribution in [1.29, 1.82) is 0 Å². The van der Waals surface area contributed by atoms with Crippen LogP contribution in [0.2, 0.25) is 0 Å². The monoisotopic (exact) mass is 284 g/mol. The maximum atomic E-state index is 9.86. The van der Waals surface area contributed by atoms with Crippen LogP contribution < -0.4 is 4.74 Å². The van der Waals surface area contributed by atoms with E-state index in [1.807, 2.05) is 19.9 Å². The van der Waals surface area contributed by atoms with Crippen molar-refractivity contribution in [2.45, 2.75) is 44.6 Å². The van der Waals surface area contributed by atoms with Crippen molar-refractivity contribution in [2.24, 2.45) is 0 Å². The largest absolute Gasteiger partial charge is 0.462 e. The molecular formula is C14H20O6. The standard InChI is InChI=1S/C14H20O6/c1-7-3-4-9(5-8(7)2)19-14-13(18)12(17)11(16)10(6-15)20-14/h3-5,10-18H,6H2,1-2H3. The van der Waals surface area contributed by atoms with Crippen LogP contribution >= 0.6 is 0 Å². The first kappa shape index (κ1) is 15.2. The molecule has 1 saturated heterocycles. The fourth-order valence-electron chi connectivity index (χ4n) is 2.09. The van der Waals surface area contributed by atoms with Crippen LogP contribution in [-0.2, 0) is 4.74 Å². The Morgan fingerprint density at radius 1 is 1.05 bits per heavy atom. The van der Waals surface area contributed by atoms with E-state index in [0.29, 0.717) is 5.75 Å². The molecule has 0 amide bonds. The number of benzene rings is 1. The van der Waals surface area contributed by atoms with Gasteiger partial charge in [-0.2, -0.15) is 0 Å². The van der Waals surface area contributed by atoms with Gasteiger partial charge < -0.3 is 29.9 Å². The molecule has 0 saturated carbocycles. The first-order valence-electron chi connectivity index (χ1n) is 6.48. The van der Waals surface area contributed by atoms with Crippen LogP contribution in [0.15, 0.2) is 18.2 Å². The third-order valence-corrected chi connectivity index (χ3v) is 3.58. The van der Waals surface area contributed by atoms with E-state index in [1.165, 1.54) is 0 Å². The van der Waals surface area contributed by atoms with Crippen LogP contribution in [0.3, 0.4) is 0 Å². The predicted molar refractivity (Wildman–Crippen MR) is 70.3 cm³/mol. The van der Waals surface area contributed by atoms with E-state index in [2.05, 4.69) is 0 Å². The highest BCUT2D eigenvalue weighted by molar-refractivity contribution is 5.33. The highest BCUT2D eigenvalue weighted by atomic mass is 16.7. The second kappa shape index (κ2) is 6.07. The quantitative estimate of drug-likeness (QED) is 0.596. The smallest absolute Gasteiger partial charge is 0.229 e. The number of rotatable bonds is 3. The van der Waals surface area contributed by atoms with Gasteiger partial charge in [-0.15, -0.1) is 0 Å². The molecule has 0 spiro atoms. The Balaban J connectivity index is 2.13. The van der Waals surface area contributed by atoms with Crippen molar-refractivity contribution in [1.82, 2.24) is 0 Å². The summed E-state index contributed by atoms with van der Waals surface area (Å²) in [6, 6.07) is 5.38. The van der Waals surface area contributed by atoms with Gasteiger partial charge in [0.1, 0.15) is 30.2 Å². The van der Waals surface area contributed by atoms with Gasteiger partial charge in [-0.25, -0.2) is 0 Å². The molecule has 6 heteroatoms. The van der Waals surface area contributed by atoms with Crippen LogP contribution in [0.4, 0.5) is 0 Å². The minimum Gasteiger partial charge on any atom is -0.462 e. The summed E-state index contributed by atoms with van der Waals surface area (Å²) in [5.41, 5.74) is 2.12. The Kier molecular flexibility index (Phi) is 4.62. The maximum absolute atomic E-state index is 9.86. The summed E-state index contributed by atoms with van der Waals surface area (Å²) in [4.78, 5) is 0. The average molecular weight is 284 g/mol. The highest BCUT2D eigenvalue weighted by Crippen LogP contribution is 2.25. The summed E-state index contributed by atoms with van der Waals surface area (Å²) in [5, 5.41) is 38.3. The molecule has 5 atom stereocenters. The topological polar surface area (TPSA) is 99.4 Å². The predicted octanol–water partition coefficient (Wildman–Crippen LogP) is -0.518. The Hall–Kier alpha value is -1.18. The molecule has 5 unspecified atom stereocenters. The molecule has 1 aromatic carbocycles. The van der Waals surface area contributed by atoms with Crippen molar-refractivity contribution in [2.75, 3.05) is 6.61 Å². The minimum atomic E-state index is -1.43. The first-order chi connectivity index (χ1) is 9.43. The number of hydrogen-bond acceptors (Lipinski definition) is 6. The summed E-state index contributed by atoms with van der Waals surface area (Å²) in [6.07, 6.45) is -6.32. The molecular weight excluding hydrogens is 264 g/mol. The Labute approximate surface area is 117 Å². The van der Waals surface area contributed by atoms with Crippen molar-refractivity contribution in [3.63, 3.8) is 0 Å². The second-order valence-electron chi connectivity index (χ2n) is 5.06. The van der Waals surface area contributed by atoms with E-state index in [4.69, 9.17) is 14.6 Å². The number of hydrogen-bond donors (Lipinski definition) is 4. The van der Waals surface area contributed by atoms with Crippen LogP contribution in [0, 0.1) is 13.8 Å². The van der Waals surface area contributed by atoms with Gasteiger partial charge in [-0.05, 0) is 37.1 Å². The SMILES string of the molecule is Cc1ccc(OC2OC(CO)C(O)C(O)C2O)cc1C. The summed E-state index contributed by atoms with van der Waals surface area (Å²) in [6.45, 7) is 3.42. The van der Waals surface area contributed by atoms with Gasteiger partial charge >= 0.3 is 0 Å². The van der Waals surface area contributed by atoms with E-state index < -0.39 is 37.3 Å². The van der Waals surface area contributed by atoms with Gasteiger partial charge in [0.2, 0.25) is 6.29 Å². The molecule has 0 aromatic heterocycles. The van der Waals surface area contributed by atoms with Gasteiger partial charge in [0, 0.05) is 0 Å². The normalized spacial score (nSPS) is 34.0. The minimum absolute atomic E-state index is 0.474. The summed E-state index contributed by atoms with van der Waals surface area (Å²) in [7, 11) is 0. The van der Waals surface area contributed by atoms with Crippen LogP contribution in [-0.4, -0.2) is 57.7 Å². The number of aliphatic hydroxyl groups is 4. The van der Waals surface area contributed by atoms with E-state index in [1.54, 1.807) is 12.1 Å². The van der Waals surface area contributed by atoms with Crippen molar-refractivity contribution in [3.8, 4) is 5.75 Å². The zero-order valence-electron chi connectivity index (χ0n) is 11.4. The van der Waals surface area contributed by atoms with Crippen molar-refractivity contribution < 1.29 is 29.9 Å². The van der Waals surface area contributed by atoms with E-state index in [-0.39, 0.29) is 0 Å². The molecule has 1 fully saturated rings. The average Bonchev–Trinajstić information content (AvgIpc) is 2.43. The van der Waals surface area contributed by atoms with E-state index >= 15 is 0 Å². The molecule has 0 bridgehead atoms. The highest BCUT2D eigenvalue weighted by Gasteiger charge is 2.44. The third kappa shape index (κ3) is 2.94. The zero-order valence-corrected chi connectivity index (χ0v) is 11.4. The number of aliphatic hydroxyl groups excluding tert-OH is 4. The molecule has 112 valence electrons. The lowest BCUT2D eigenvalue weighted by Crippen LogP contribution is -2.60. The molecule has 4 N–H and O–H groups in total. The molecule has 0 radical (unpaired) electrons. The van der Waals surface area contributed by atoms with E-state index in [0.717, 1.165) is 11.1 Å². The second-order valence-corrected chi connectivity index (χ2v) is 5.06. The zero-order chi connectivity index (χ0) is 14.9. The fourth-order valence-corrected chi connectivity index (χ4v) is 2.09. The molecule has 6 nitrogen and oxygen atoms in total. The maximum Gasteiger partial charge on any atom is 0.229 e. The van der Waals surface area contributed by atoms with Crippen molar-refractivity contribution in [3.05, 3.63) is 29.3 Å². The number of ether oxygens (including phenoxy) is 2. The lowest BCUT2D eigenvalue weighted by atomic mass is 9.99. The lowest BCUT2D eigenvalue weighted by molar-refractivity contribution is -0.277. The molecule has 2 rings (SSSR count). The van der Waals surface area contributed by atoms with Gasteiger partial charge in [0.15, 0.2) is 0 Å². The Morgan fingerprint density at radius 2 is 1.75 bits per heavy atom. The van der Waals surface area contributed by atoms with E-state index in [9.17, 15) is 15.3 Å². The Morgan fingerprint density at radius 3 is 2.35 bits per heavy atom. The van der Waals surface area contributed by atoms with Gasteiger partial charge in [0.25, 0.3) is 0 Å². The van der Waals surface area contributed by atoms with Crippen LogP contribution in [0.5, 0.6) is 5.75 Å². The summed E-state index contributed by atoms with van der Waals surface area (Å²) in [5.74, 6) is 0.484.